The SMILES string of the molecule is CC(C)CC(=O)NCC(C)(C)N1CCOCC1. The summed E-state index contributed by atoms with van der Waals surface area (Å²) < 4.78 is 5.34. The van der Waals surface area contributed by atoms with Crippen molar-refractivity contribution in [3.63, 3.8) is 0 Å². The topological polar surface area (TPSA) is 41.6 Å². The zero-order valence-electron chi connectivity index (χ0n) is 11.6. The molecule has 1 saturated heterocycles. The highest BCUT2D eigenvalue weighted by molar-refractivity contribution is 5.76. The van der Waals surface area contributed by atoms with Gasteiger partial charge in [0.1, 0.15) is 0 Å². The summed E-state index contributed by atoms with van der Waals surface area (Å²) >= 11 is 0. The van der Waals surface area contributed by atoms with Crippen molar-refractivity contribution < 1.29 is 9.53 Å². The molecule has 1 N–H and O–H groups in total. The lowest BCUT2D eigenvalue weighted by molar-refractivity contribution is -0.122. The fourth-order valence-electron chi connectivity index (χ4n) is 2.04. The molecule has 0 saturated carbocycles. The lowest BCUT2D eigenvalue weighted by Gasteiger charge is -2.40. The molecule has 1 heterocycles. The molecule has 0 radical (unpaired) electrons. The van der Waals surface area contributed by atoms with Gasteiger partial charge in [-0.3, -0.25) is 9.69 Å². The molecular formula is C13H26N2O2. The average molecular weight is 242 g/mol. The van der Waals surface area contributed by atoms with Crippen LogP contribution in [0.2, 0.25) is 0 Å². The number of morpholine rings is 1. The van der Waals surface area contributed by atoms with Gasteiger partial charge in [0.15, 0.2) is 0 Å². The second kappa shape index (κ2) is 6.36. The number of hydrogen-bond acceptors (Lipinski definition) is 3. The van der Waals surface area contributed by atoms with E-state index in [1.165, 1.54) is 0 Å². The van der Waals surface area contributed by atoms with Gasteiger partial charge in [0, 0.05) is 31.6 Å². The second-order valence-electron chi connectivity index (χ2n) is 5.79. The van der Waals surface area contributed by atoms with E-state index in [4.69, 9.17) is 4.74 Å². The van der Waals surface area contributed by atoms with Gasteiger partial charge in [-0.15, -0.1) is 0 Å². The van der Waals surface area contributed by atoms with Crippen LogP contribution in [-0.4, -0.2) is 49.2 Å². The molecule has 1 aliphatic rings. The first-order chi connectivity index (χ1) is 7.92. The lowest BCUT2D eigenvalue weighted by atomic mass is 10.0. The van der Waals surface area contributed by atoms with Gasteiger partial charge in [0.25, 0.3) is 0 Å². The van der Waals surface area contributed by atoms with Crippen molar-refractivity contribution in [2.75, 3.05) is 32.8 Å². The zero-order chi connectivity index (χ0) is 12.9. The first-order valence-electron chi connectivity index (χ1n) is 6.51. The van der Waals surface area contributed by atoms with Crippen LogP contribution < -0.4 is 5.32 Å². The predicted octanol–water partition coefficient (Wildman–Crippen LogP) is 1.26. The molecule has 1 fully saturated rings. The van der Waals surface area contributed by atoms with E-state index in [-0.39, 0.29) is 11.4 Å². The normalized spacial score (nSPS) is 18.4. The third kappa shape index (κ3) is 5.04. The van der Waals surface area contributed by atoms with Crippen molar-refractivity contribution >= 4 is 5.91 Å². The van der Waals surface area contributed by atoms with Gasteiger partial charge >= 0.3 is 0 Å². The highest BCUT2D eigenvalue weighted by atomic mass is 16.5. The van der Waals surface area contributed by atoms with Gasteiger partial charge in [-0.2, -0.15) is 0 Å². The number of nitrogens with one attached hydrogen (secondary N) is 1. The summed E-state index contributed by atoms with van der Waals surface area (Å²) in [5, 5.41) is 3.03. The van der Waals surface area contributed by atoms with Gasteiger partial charge in [0.2, 0.25) is 5.91 Å². The molecule has 4 nitrogen and oxygen atoms in total. The molecule has 0 aliphatic carbocycles. The fraction of sp³-hybridized carbons (Fsp3) is 0.923. The van der Waals surface area contributed by atoms with Crippen molar-refractivity contribution in [1.29, 1.82) is 0 Å². The van der Waals surface area contributed by atoms with Gasteiger partial charge in [-0.25, -0.2) is 0 Å². The molecule has 1 rings (SSSR count). The van der Waals surface area contributed by atoms with Crippen molar-refractivity contribution in [2.45, 2.75) is 39.7 Å². The molecule has 0 atom stereocenters. The maximum atomic E-state index is 11.6. The summed E-state index contributed by atoms with van der Waals surface area (Å²) in [4.78, 5) is 14.0. The number of hydrogen-bond donors (Lipinski definition) is 1. The molecule has 0 bridgehead atoms. The Kier molecular flexibility index (Phi) is 5.40. The molecule has 4 heteroatoms. The molecule has 0 aromatic heterocycles. The first-order valence-corrected chi connectivity index (χ1v) is 6.51. The first kappa shape index (κ1) is 14.5. The zero-order valence-corrected chi connectivity index (χ0v) is 11.6. The molecular weight excluding hydrogens is 216 g/mol. The minimum atomic E-state index is 0.0103. The summed E-state index contributed by atoms with van der Waals surface area (Å²) in [7, 11) is 0. The van der Waals surface area contributed by atoms with E-state index in [1.54, 1.807) is 0 Å². The summed E-state index contributed by atoms with van der Waals surface area (Å²) in [6, 6.07) is 0. The number of nitrogens with zero attached hydrogens (tertiary/aromatic N) is 1. The maximum Gasteiger partial charge on any atom is 0.220 e. The number of ether oxygens (including phenoxy) is 1. The highest BCUT2D eigenvalue weighted by Gasteiger charge is 2.28. The van der Waals surface area contributed by atoms with Crippen LogP contribution in [-0.2, 0) is 9.53 Å². The van der Waals surface area contributed by atoms with Gasteiger partial charge < -0.3 is 10.1 Å². The van der Waals surface area contributed by atoms with Gasteiger partial charge in [0.05, 0.1) is 13.2 Å². The van der Waals surface area contributed by atoms with Crippen molar-refractivity contribution in [3.05, 3.63) is 0 Å². The van der Waals surface area contributed by atoms with Crippen molar-refractivity contribution in [3.8, 4) is 0 Å². The Morgan fingerprint density at radius 3 is 2.47 bits per heavy atom. The van der Waals surface area contributed by atoms with Crippen LogP contribution in [0.1, 0.15) is 34.1 Å². The third-order valence-electron chi connectivity index (χ3n) is 3.18. The summed E-state index contributed by atoms with van der Waals surface area (Å²) in [5.41, 5.74) is 0.0103. The van der Waals surface area contributed by atoms with Crippen molar-refractivity contribution in [1.82, 2.24) is 10.2 Å². The largest absolute Gasteiger partial charge is 0.379 e. The van der Waals surface area contributed by atoms with Crippen LogP contribution in [0, 0.1) is 5.92 Å². The van der Waals surface area contributed by atoms with Crippen LogP contribution in [0.5, 0.6) is 0 Å². The maximum absolute atomic E-state index is 11.6. The smallest absolute Gasteiger partial charge is 0.220 e. The quantitative estimate of drug-likeness (QED) is 0.789. The van der Waals surface area contributed by atoms with E-state index >= 15 is 0 Å². The number of carbonyl (C=O) groups is 1. The molecule has 17 heavy (non-hydrogen) atoms. The van der Waals surface area contributed by atoms with Crippen LogP contribution in [0.25, 0.3) is 0 Å². The number of rotatable bonds is 5. The fourth-order valence-corrected chi connectivity index (χ4v) is 2.04. The van der Waals surface area contributed by atoms with Gasteiger partial charge in [-0.1, -0.05) is 13.8 Å². The second-order valence-corrected chi connectivity index (χ2v) is 5.79. The Bertz CT molecular complexity index is 246. The Morgan fingerprint density at radius 2 is 1.94 bits per heavy atom. The van der Waals surface area contributed by atoms with Crippen LogP contribution in [0.4, 0.5) is 0 Å². The molecule has 0 aromatic rings. The van der Waals surface area contributed by atoms with Crippen LogP contribution in [0.15, 0.2) is 0 Å². The molecule has 0 unspecified atom stereocenters. The average Bonchev–Trinajstić information content (AvgIpc) is 2.27. The van der Waals surface area contributed by atoms with E-state index < -0.39 is 0 Å². The molecule has 1 aliphatic heterocycles. The summed E-state index contributed by atoms with van der Waals surface area (Å²) in [5.74, 6) is 0.572. The summed E-state index contributed by atoms with van der Waals surface area (Å²) in [6.45, 7) is 12.7. The third-order valence-corrected chi connectivity index (χ3v) is 3.18. The molecule has 0 aromatic carbocycles. The summed E-state index contributed by atoms with van der Waals surface area (Å²) in [6.07, 6.45) is 0.610. The minimum absolute atomic E-state index is 0.0103. The molecule has 100 valence electrons. The monoisotopic (exact) mass is 242 g/mol. The Morgan fingerprint density at radius 1 is 1.35 bits per heavy atom. The molecule has 1 amide bonds. The Balaban J connectivity index is 2.35. The van der Waals surface area contributed by atoms with Crippen molar-refractivity contribution in [2.24, 2.45) is 5.92 Å². The highest BCUT2D eigenvalue weighted by Crippen LogP contribution is 2.15. The Hall–Kier alpha value is -0.610. The van der Waals surface area contributed by atoms with E-state index in [2.05, 4.69) is 37.9 Å². The lowest BCUT2D eigenvalue weighted by Crippen LogP contribution is -2.55. The Labute approximate surface area is 105 Å². The van der Waals surface area contributed by atoms with Gasteiger partial charge in [-0.05, 0) is 19.8 Å². The number of carbonyl (C=O) groups excluding carboxylic acids is 1. The standard InChI is InChI=1S/C13H26N2O2/c1-11(2)9-12(16)14-10-13(3,4)15-5-7-17-8-6-15/h11H,5-10H2,1-4H3,(H,14,16). The van der Waals surface area contributed by atoms with E-state index in [9.17, 15) is 4.79 Å². The number of amides is 1. The van der Waals surface area contributed by atoms with Crippen LogP contribution in [0.3, 0.4) is 0 Å². The predicted molar refractivity (Wildman–Crippen MR) is 68.9 cm³/mol. The van der Waals surface area contributed by atoms with E-state index in [1.807, 2.05) is 0 Å². The van der Waals surface area contributed by atoms with Crippen LogP contribution >= 0.6 is 0 Å². The van der Waals surface area contributed by atoms with E-state index in [0.29, 0.717) is 18.9 Å². The van der Waals surface area contributed by atoms with E-state index in [0.717, 1.165) is 26.3 Å². The molecule has 0 spiro atoms. The minimum Gasteiger partial charge on any atom is -0.379 e.